The van der Waals surface area contributed by atoms with Gasteiger partial charge >= 0.3 is 0 Å². The molecule has 1 atom stereocenters. The molecule has 0 bridgehead atoms. The van der Waals surface area contributed by atoms with Gasteiger partial charge in [0.2, 0.25) is 0 Å². The van der Waals surface area contributed by atoms with Crippen molar-refractivity contribution >= 4 is 22.4 Å². The van der Waals surface area contributed by atoms with Crippen molar-refractivity contribution in [3.8, 4) is 5.75 Å². The Morgan fingerprint density at radius 3 is 2.43 bits per heavy atom. The van der Waals surface area contributed by atoms with Crippen LogP contribution in [0.5, 0.6) is 5.75 Å². The fourth-order valence-electron chi connectivity index (χ4n) is 2.47. The van der Waals surface area contributed by atoms with E-state index >= 15 is 0 Å². The lowest BCUT2D eigenvalue weighted by Crippen LogP contribution is -2.12. The molecule has 0 saturated carbocycles. The maximum atomic E-state index is 6.37. The second-order valence-electron chi connectivity index (χ2n) is 4.97. The average Bonchev–Trinajstić information content (AvgIpc) is 2.53. The minimum atomic E-state index is -0.256. The molecule has 0 radical (unpaired) electrons. The van der Waals surface area contributed by atoms with E-state index < -0.39 is 0 Å². The highest BCUT2D eigenvalue weighted by Crippen LogP contribution is 2.30. The molecule has 0 aliphatic heterocycles. The lowest BCUT2D eigenvalue weighted by Gasteiger charge is -2.15. The molecule has 3 rings (SSSR count). The summed E-state index contributed by atoms with van der Waals surface area (Å²) in [6.07, 6.45) is 0. The highest BCUT2D eigenvalue weighted by Gasteiger charge is 2.13. The first-order valence-corrected chi connectivity index (χ1v) is 7.14. The van der Waals surface area contributed by atoms with Gasteiger partial charge in [0.1, 0.15) is 5.75 Å². The number of ether oxygens (including phenoxy) is 1. The molecule has 0 aliphatic carbocycles. The minimum absolute atomic E-state index is 0.256. The van der Waals surface area contributed by atoms with Crippen LogP contribution in [0.2, 0.25) is 5.02 Å². The van der Waals surface area contributed by atoms with Crippen LogP contribution in [0.1, 0.15) is 17.2 Å². The van der Waals surface area contributed by atoms with Gasteiger partial charge in [-0.3, -0.25) is 0 Å². The Kier molecular flexibility index (Phi) is 3.82. The van der Waals surface area contributed by atoms with Crippen molar-refractivity contribution in [3.05, 3.63) is 76.8 Å². The van der Waals surface area contributed by atoms with E-state index in [-0.39, 0.29) is 6.04 Å². The number of fused-ring (bicyclic) bond motifs is 1. The smallest absolute Gasteiger partial charge is 0.120 e. The van der Waals surface area contributed by atoms with Crippen LogP contribution in [-0.2, 0) is 0 Å². The van der Waals surface area contributed by atoms with Gasteiger partial charge in [0.15, 0.2) is 0 Å². The summed E-state index contributed by atoms with van der Waals surface area (Å²) in [7, 11) is 1.62. The van der Waals surface area contributed by atoms with Crippen molar-refractivity contribution in [3.63, 3.8) is 0 Å². The zero-order chi connectivity index (χ0) is 14.8. The van der Waals surface area contributed by atoms with Crippen LogP contribution in [0.4, 0.5) is 0 Å². The van der Waals surface area contributed by atoms with Gasteiger partial charge < -0.3 is 10.5 Å². The van der Waals surface area contributed by atoms with Gasteiger partial charge in [-0.25, -0.2) is 0 Å². The van der Waals surface area contributed by atoms with E-state index in [1.807, 2.05) is 30.3 Å². The average molecular weight is 298 g/mol. The molecular weight excluding hydrogens is 282 g/mol. The molecule has 0 saturated heterocycles. The van der Waals surface area contributed by atoms with Crippen molar-refractivity contribution in [2.45, 2.75) is 6.04 Å². The Hall–Kier alpha value is -2.03. The van der Waals surface area contributed by atoms with Crippen LogP contribution in [0.15, 0.2) is 60.7 Å². The molecular formula is C18H16ClNO. The minimum Gasteiger partial charge on any atom is -0.497 e. The van der Waals surface area contributed by atoms with Crippen LogP contribution >= 0.6 is 11.6 Å². The van der Waals surface area contributed by atoms with Crippen molar-refractivity contribution < 1.29 is 4.74 Å². The van der Waals surface area contributed by atoms with E-state index in [9.17, 15) is 0 Å². The van der Waals surface area contributed by atoms with E-state index in [1.165, 1.54) is 10.8 Å². The standard InChI is InChI=1S/C18H16ClNO/c1-21-15-8-9-16(17(19)11-15)18(20)14-7-6-12-4-2-3-5-13(12)10-14/h2-11,18H,20H2,1H3. The number of benzene rings is 3. The van der Waals surface area contributed by atoms with Crippen LogP contribution in [0, 0.1) is 0 Å². The molecule has 0 spiro atoms. The maximum absolute atomic E-state index is 6.37. The molecule has 0 heterocycles. The Morgan fingerprint density at radius 1 is 0.952 bits per heavy atom. The molecule has 21 heavy (non-hydrogen) atoms. The molecule has 106 valence electrons. The quantitative estimate of drug-likeness (QED) is 0.770. The molecule has 0 aliphatic rings. The first kappa shape index (κ1) is 13.9. The second-order valence-corrected chi connectivity index (χ2v) is 5.38. The summed E-state index contributed by atoms with van der Waals surface area (Å²) in [5.41, 5.74) is 8.31. The summed E-state index contributed by atoms with van der Waals surface area (Å²) in [5, 5.41) is 3.00. The third-order valence-corrected chi connectivity index (χ3v) is 4.00. The van der Waals surface area contributed by atoms with E-state index in [0.29, 0.717) is 5.02 Å². The largest absolute Gasteiger partial charge is 0.497 e. The summed E-state index contributed by atoms with van der Waals surface area (Å²) in [5.74, 6) is 0.731. The number of hydrogen-bond donors (Lipinski definition) is 1. The number of rotatable bonds is 3. The fourth-order valence-corrected chi connectivity index (χ4v) is 2.76. The first-order valence-electron chi connectivity index (χ1n) is 6.77. The predicted molar refractivity (Wildman–Crippen MR) is 88.0 cm³/mol. The van der Waals surface area contributed by atoms with Crippen LogP contribution in [0.3, 0.4) is 0 Å². The molecule has 3 aromatic carbocycles. The van der Waals surface area contributed by atoms with Gasteiger partial charge in [-0.2, -0.15) is 0 Å². The van der Waals surface area contributed by atoms with Crippen molar-refractivity contribution in [1.82, 2.24) is 0 Å². The fraction of sp³-hybridized carbons (Fsp3) is 0.111. The maximum Gasteiger partial charge on any atom is 0.120 e. The normalized spacial score (nSPS) is 12.3. The highest BCUT2D eigenvalue weighted by molar-refractivity contribution is 6.31. The molecule has 3 aromatic rings. The van der Waals surface area contributed by atoms with Gasteiger partial charge in [-0.15, -0.1) is 0 Å². The van der Waals surface area contributed by atoms with Crippen molar-refractivity contribution in [2.24, 2.45) is 5.73 Å². The number of methoxy groups -OCH3 is 1. The summed E-state index contributed by atoms with van der Waals surface area (Å²) in [4.78, 5) is 0. The molecule has 0 amide bonds. The van der Waals surface area contributed by atoms with Gasteiger partial charge in [-0.05, 0) is 40.1 Å². The third kappa shape index (κ3) is 2.73. The topological polar surface area (TPSA) is 35.2 Å². The van der Waals surface area contributed by atoms with Gasteiger partial charge in [-0.1, -0.05) is 54.1 Å². The van der Waals surface area contributed by atoms with Crippen molar-refractivity contribution in [1.29, 1.82) is 0 Å². The summed E-state index contributed by atoms with van der Waals surface area (Å²) >= 11 is 6.31. The first-order chi connectivity index (χ1) is 10.2. The SMILES string of the molecule is COc1ccc(C(N)c2ccc3ccccc3c2)c(Cl)c1. The number of halogens is 1. The van der Waals surface area contributed by atoms with E-state index in [0.717, 1.165) is 16.9 Å². The second kappa shape index (κ2) is 5.76. The van der Waals surface area contributed by atoms with Crippen molar-refractivity contribution in [2.75, 3.05) is 7.11 Å². The predicted octanol–water partition coefficient (Wildman–Crippen LogP) is 4.55. The molecule has 1 unspecified atom stereocenters. The van der Waals surface area contributed by atoms with Gasteiger partial charge in [0, 0.05) is 5.02 Å². The van der Waals surface area contributed by atoms with Crippen LogP contribution in [0.25, 0.3) is 10.8 Å². The Labute approximate surface area is 129 Å². The van der Waals surface area contributed by atoms with Crippen LogP contribution in [-0.4, -0.2) is 7.11 Å². The zero-order valence-corrected chi connectivity index (χ0v) is 12.5. The van der Waals surface area contributed by atoms with Gasteiger partial charge in [0.05, 0.1) is 13.2 Å². The molecule has 2 nitrogen and oxygen atoms in total. The Bertz CT molecular complexity index is 785. The Morgan fingerprint density at radius 2 is 1.71 bits per heavy atom. The zero-order valence-electron chi connectivity index (χ0n) is 11.7. The van der Waals surface area contributed by atoms with E-state index in [4.69, 9.17) is 22.1 Å². The highest BCUT2D eigenvalue weighted by atomic mass is 35.5. The molecule has 0 aromatic heterocycles. The lowest BCUT2D eigenvalue weighted by atomic mass is 9.97. The summed E-state index contributed by atoms with van der Waals surface area (Å²) in [6.45, 7) is 0. The molecule has 0 fully saturated rings. The Balaban J connectivity index is 2.01. The van der Waals surface area contributed by atoms with Crippen LogP contribution < -0.4 is 10.5 Å². The molecule has 3 heteroatoms. The summed E-state index contributed by atoms with van der Waals surface area (Å²) < 4.78 is 5.17. The molecule has 2 N–H and O–H groups in total. The monoisotopic (exact) mass is 297 g/mol. The van der Waals surface area contributed by atoms with Gasteiger partial charge in [0.25, 0.3) is 0 Å². The summed E-state index contributed by atoms with van der Waals surface area (Å²) in [6, 6.07) is 19.8. The van der Waals surface area contributed by atoms with E-state index in [2.05, 4.69) is 24.3 Å². The number of nitrogens with two attached hydrogens (primary N) is 1. The van der Waals surface area contributed by atoms with E-state index in [1.54, 1.807) is 13.2 Å². The third-order valence-electron chi connectivity index (χ3n) is 3.68. The lowest BCUT2D eigenvalue weighted by molar-refractivity contribution is 0.414. The number of hydrogen-bond acceptors (Lipinski definition) is 2.